The summed E-state index contributed by atoms with van der Waals surface area (Å²) in [7, 11) is 1.66. The number of hydrogen-bond donors (Lipinski definition) is 1. The molecule has 0 atom stereocenters. The molecule has 0 aliphatic carbocycles. The van der Waals surface area contributed by atoms with Crippen molar-refractivity contribution < 1.29 is 4.74 Å². The molecule has 3 heteroatoms. The summed E-state index contributed by atoms with van der Waals surface area (Å²) in [5.74, 6) is 0.854. The maximum atomic E-state index is 6.02. The SMILES string of the molecule is COc1ccc(-c2ccc(N)c(Cl)c2)c(C)c1. The molecule has 0 bridgehead atoms. The van der Waals surface area contributed by atoms with Crippen LogP contribution in [0.1, 0.15) is 5.56 Å². The Labute approximate surface area is 106 Å². The third-order valence-electron chi connectivity index (χ3n) is 2.75. The van der Waals surface area contributed by atoms with Gasteiger partial charge in [-0.3, -0.25) is 0 Å². The minimum absolute atomic E-state index is 0.581. The summed E-state index contributed by atoms with van der Waals surface area (Å²) in [4.78, 5) is 0. The average molecular weight is 248 g/mol. The topological polar surface area (TPSA) is 35.2 Å². The van der Waals surface area contributed by atoms with Gasteiger partial charge in [-0.05, 0) is 47.9 Å². The van der Waals surface area contributed by atoms with Crippen molar-refractivity contribution in [1.82, 2.24) is 0 Å². The molecule has 0 aliphatic heterocycles. The molecule has 0 aliphatic rings. The van der Waals surface area contributed by atoms with Crippen LogP contribution in [0.25, 0.3) is 11.1 Å². The van der Waals surface area contributed by atoms with Crippen molar-refractivity contribution in [1.29, 1.82) is 0 Å². The lowest BCUT2D eigenvalue weighted by Gasteiger charge is -2.09. The fourth-order valence-corrected chi connectivity index (χ4v) is 1.96. The van der Waals surface area contributed by atoms with E-state index < -0.39 is 0 Å². The number of ether oxygens (including phenoxy) is 1. The second-order valence-electron chi connectivity index (χ2n) is 3.92. The number of nitrogens with two attached hydrogens (primary N) is 1. The van der Waals surface area contributed by atoms with Gasteiger partial charge < -0.3 is 10.5 Å². The zero-order valence-electron chi connectivity index (χ0n) is 9.83. The van der Waals surface area contributed by atoms with Crippen LogP contribution >= 0.6 is 11.6 Å². The number of hydrogen-bond acceptors (Lipinski definition) is 2. The van der Waals surface area contributed by atoms with Crippen LogP contribution in [0.15, 0.2) is 36.4 Å². The van der Waals surface area contributed by atoms with Crippen molar-refractivity contribution in [2.24, 2.45) is 0 Å². The standard InChI is InChI=1S/C14H14ClNO/c1-9-7-11(17-2)4-5-12(9)10-3-6-14(16)13(15)8-10/h3-8H,16H2,1-2H3. The molecule has 2 aromatic rings. The molecule has 0 fully saturated rings. The summed E-state index contributed by atoms with van der Waals surface area (Å²) < 4.78 is 5.18. The highest BCUT2D eigenvalue weighted by Crippen LogP contribution is 2.30. The van der Waals surface area contributed by atoms with Crippen molar-refractivity contribution in [3.05, 3.63) is 47.0 Å². The van der Waals surface area contributed by atoms with Gasteiger partial charge in [0.15, 0.2) is 0 Å². The lowest BCUT2D eigenvalue weighted by molar-refractivity contribution is 0.414. The molecule has 0 spiro atoms. The Morgan fingerprint density at radius 2 is 1.88 bits per heavy atom. The van der Waals surface area contributed by atoms with Crippen LogP contribution in [-0.2, 0) is 0 Å². The van der Waals surface area contributed by atoms with E-state index in [1.54, 1.807) is 7.11 Å². The van der Waals surface area contributed by atoms with E-state index in [1.807, 2.05) is 43.3 Å². The number of halogens is 1. The Hall–Kier alpha value is -1.67. The van der Waals surface area contributed by atoms with Gasteiger partial charge in [0.05, 0.1) is 17.8 Å². The van der Waals surface area contributed by atoms with Crippen molar-refractivity contribution in [2.45, 2.75) is 6.92 Å². The first kappa shape index (κ1) is 11.8. The number of methoxy groups -OCH3 is 1. The Morgan fingerprint density at radius 1 is 1.12 bits per heavy atom. The van der Waals surface area contributed by atoms with Gasteiger partial charge in [0.1, 0.15) is 5.75 Å². The molecular formula is C14H14ClNO. The summed E-state index contributed by atoms with van der Waals surface area (Å²) in [6, 6.07) is 11.6. The van der Waals surface area contributed by atoms with Gasteiger partial charge in [0, 0.05) is 0 Å². The predicted octanol–water partition coefficient (Wildman–Crippen LogP) is 3.91. The number of aryl methyl sites for hydroxylation is 1. The fraction of sp³-hybridized carbons (Fsp3) is 0.143. The van der Waals surface area contributed by atoms with Crippen molar-refractivity contribution >= 4 is 17.3 Å². The van der Waals surface area contributed by atoms with Crippen LogP contribution in [0.4, 0.5) is 5.69 Å². The van der Waals surface area contributed by atoms with Gasteiger partial charge in [-0.15, -0.1) is 0 Å². The van der Waals surface area contributed by atoms with Crippen LogP contribution in [-0.4, -0.2) is 7.11 Å². The molecule has 17 heavy (non-hydrogen) atoms. The van der Waals surface area contributed by atoms with Crippen LogP contribution in [0.3, 0.4) is 0 Å². The lowest BCUT2D eigenvalue weighted by atomic mass is 10.00. The first-order valence-corrected chi connectivity index (χ1v) is 5.69. The van der Waals surface area contributed by atoms with Gasteiger partial charge in [-0.1, -0.05) is 23.7 Å². The van der Waals surface area contributed by atoms with Crippen molar-refractivity contribution in [2.75, 3.05) is 12.8 Å². The zero-order chi connectivity index (χ0) is 12.4. The summed E-state index contributed by atoms with van der Waals surface area (Å²) in [6.45, 7) is 2.04. The molecule has 0 aromatic heterocycles. The molecule has 2 nitrogen and oxygen atoms in total. The van der Waals surface area contributed by atoms with E-state index in [1.165, 1.54) is 0 Å². The molecule has 0 saturated heterocycles. The Balaban J connectivity index is 2.49. The molecule has 88 valence electrons. The maximum Gasteiger partial charge on any atom is 0.119 e. The van der Waals surface area contributed by atoms with Crippen LogP contribution < -0.4 is 10.5 Å². The van der Waals surface area contributed by atoms with Crippen LogP contribution in [0.2, 0.25) is 5.02 Å². The molecule has 0 amide bonds. The highest BCUT2D eigenvalue weighted by Gasteiger charge is 2.05. The van der Waals surface area contributed by atoms with Gasteiger partial charge in [0.25, 0.3) is 0 Å². The molecular weight excluding hydrogens is 234 g/mol. The molecule has 0 heterocycles. The molecule has 2 N–H and O–H groups in total. The normalized spacial score (nSPS) is 10.3. The first-order chi connectivity index (χ1) is 8.11. The monoisotopic (exact) mass is 247 g/mol. The van der Waals surface area contributed by atoms with Crippen LogP contribution in [0, 0.1) is 6.92 Å². The van der Waals surface area contributed by atoms with Crippen molar-refractivity contribution in [3.63, 3.8) is 0 Å². The quantitative estimate of drug-likeness (QED) is 0.817. The largest absolute Gasteiger partial charge is 0.497 e. The smallest absolute Gasteiger partial charge is 0.119 e. The van der Waals surface area contributed by atoms with Gasteiger partial charge in [-0.25, -0.2) is 0 Å². The molecule has 0 unspecified atom stereocenters. The van der Waals surface area contributed by atoms with E-state index in [0.717, 1.165) is 22.4 Å². The zero-order valence-corrected chi connectivity index (χ0v) is 10.6. The first-order valence-electron chi connectivity index (χ1n) is 5.32. The highest BCUT2D eigenvalue weighted by molar-refractivity contribution is 6.33. The number of benzene rings is 2. The van der Waals surface area contributed by atoms with Gasteiger partial charge >= 0.3 is 0 Å². The van der Waals surface area contributed by atoms with Crippen molar-refractivity contribution in [3.8, 4) is 16.9 Å². The second kappa shape index (κ2) is 4.68. The number of rotatable bonds is 2. The Kier molecular flexibility index (Phi) is 3.25. The Bertz CT molecular complexity index is 552. The fourth-order valence-electron chi connectivity index (χ4n) is 1.78. The molecule has 2 rings (SSSR count). The summed E-state index contributed by atoms with van der Waals surface area (Å²) in [6.07, 6.45) is 0. The third kappa shape index (κ3) is 2.37. The lowest BCUT2D eigenvalue weighted by Crippen LogP contribution is -1.89. The summed E-state index contributed by atoms with van der Waals surface area (Å²) >= 11 is 6.02. The number of anilines is 1. The molecule has 0 saturated carbocycles. The molecule has 0 radical (unpaired) electrons. The minimum Gasteiger partial charge on any atom is -0.497 e. The predicted molar refractivity (Wildman–Crippen MR) is 72.6 cm³/mol. The third-order valence-corrected chi connectivity index (χ3v) is 3.07. The van der Waals surface area contributed by atoms with Crippen LogP contribution in [0.5, 0.6) is 5.75 Å². The highest BCUT2D eigenvalue weighted by atomic mass is 35.5. The second-order valence-corrected chi connectivity index (χ2v) is 4.32. The van der Waals surface area contributed by atoms with E-state index in [-0.39, 0.29) is 0 Å². The summed E-state index contributed by atoms with van der Waals surface area (Å²) in [5, 5.41) is 0.581. The summed E-state index contributed by atoms with van der Waals surface area (Å²) in [5.41, 5.74) is 9.63. The van der Waals surface area contributed by atoms with Gasteiger partial charge in [0.2, 0.25) is 0 Å². The Morgan fingerprint density at radius 3 is 2.47 bits per heavy atom. The van der Waals surface area contributed by atoms with E-state index in [4.69, 9.17) is 22.1 Å². The van der Waals surface area contributed by atoms with E-state index >= 15 is 0 Å². The molecule has 2 aromatic carbocycles. The minimum atomic E-state index is 0.581. The van der Waals surface area contributed by atoms with E-state index in [2.05, 4.69) is 0 Å². The maximum absolute atomic E-state index is 6.02. The van der Waals surface area contributed by atoms with E-state index in [9.17, 15) is 0 Å². The number of nitrogen functional groups attached to an aromatic ring is 1. The average Bonchev–Trinajstić information content (AvgIpc) is 2.32. The van der Waals surface area contributed by atoms with E-state index in [0.29, 0.717) is 10.7 Å². The van der Waals surface area contributed by atoms with Gasteiger partial charge in [-0.2, -0.15) is 0 Å².